The first-order valence-corrected chi connectivity index (χ1v) is 11.0. The zero-order valence-electron chi connectivity index (χ0n) is 18.7. The number of nitrogens with one attached hydrogen (secondary N) is 1. The molecule has 1 aromatic carbocycles. The first kappa shape index (κ1) is 22.4. The van der Waals surface area contributed by atoms with E-state index < -0.39 is 11.6 Å². The van der Waals surface area contributed by atoms with E-state index in [1.54, 1.807) is 17.0 Å². The van der Waals surface area contributed by atoms with E-state index in [0.717, 1.165) is 41.8 Å². The summed E-state index contributed by atoms with van der Waals surface area (Å²) in [4.78, 5) is 18.9. The molecular formula is C24H30FN5O2. The molecule has 1 unspecified atom stereocenters. The predicted octanol–water partition coefficient (Wildman–Crippen LogP) is 3.10. The van der Waals surface area contributed by atoms with Crippen LogP contribution < -0.4 is 5.32 Å². The topological polar surface area (TPSA) is 71.8 Å². The fraction of sp³-hybridized carbons (Fsp3) is 0.458. The van der Waals surface area contributed by atoms with Crippen LogP contribution in [0.25, 0.3) is 17.2 Å². The third-order valence-electron chi connectivity index (χ3n) is 6.33. The van der Waals surface area contributed by atoms with Crippen LogP contribution in [0.3, 0.4) is 0 Å². The molecule has 1 amide bonds. The minimum absolute atomic E-state index is 0.158. The second-order valence-corrected chi connectivity index (χ2v) is 8.66. The quantitative estimate of drug-likeness (QED) is 0.673. The summed E-state index contributed by atoms with van der Waals surface area (Å²) in [6.45, 7) is 8.23. The molecule has 7 nitrogen and oxygen atoms in total. The predicted molar refractivity (Wildman–Crippen MR) is 123 cm³/mol. The number of amides is 1. The van der Waals surface area contributed by atoms with Crippen LogP contribution >= 0.6 is 0 Å². The third-order valence-corrected chi connectivity index (χ3v) is 6.33. The number of aliphatic imine (C=N–C) groups is 1. The second-order valence-electron chi connectivity index (χ2n) is 8.66. The Bertz CT molecular complexity index is 1020. The summed E-state index contributed by atoms with van der Waals surface area (Å²) in [5.41, 5.74) is 1.95. The molecule has 0 saturated carbocycles. The van der Waals surface area contributed by atoms with Gasteiger partial charge >= 0.3 is 0 Å². The Hall–Kier alpha value is -2.84. The molecule has 0 spiro atoms. The lowest BCUT2D eigenvalue weighted by atomic mass is 9.92. The molecule has 2 fully saturated rings. The Kier molecular flexibility index (Phi) is 6.53. The Balaban J connectivity index is 1.43. The van der Waals surface area contributed by atoms with Crippen molar-refractivity contribution in [3.05, 3.63) is 47.5 Å². The van der Waals surface area contributed by atoms with Crippen molar-refractivity contribution in [1.82, 2.24) is 20.0 Å². The lowest BCUT2D eigenvalue weighted by Crippen LogP contribution is -2.52. The molecule has 170 valence electrons. The summed E-state index contributed by atoms with van der Waals surface area (Å²) in [5, 5.41) is 6.87. The Morgan fingerprint density at radius 1 is 1.41 bits per heavy atom. The summed E-state index contributed by atoms with van der Waals surface area (Å²) in [5.74, 6) is -0.416. The van der Waals surface area contributed by atoms with Crippen LogP contribution in [0.1, 0.15) is 30.4 Å². The van der Waals surface area contributed by atoms with Crippen LogP contribution in [0.5, 0.6) is 0 Å². The van der Waals surface area contributed by atoms with Crippen LogP contribution in [0, 0.1) is 6.92 Å². The van der Waals surface area contributed by atoms with E-state index in [4.69, 9.17) is 4.74 Å². The van der Waals surface area contributed by atoms with Crippen molar-refractivity contribution in [2.24, 2.45) is 12.0 Å². The largest absolute Gasteiger partial charge is 0.377 e. The second kappa shape index (κ2) is 9.34. The van der Waals surface area contributed by atoms with Gasteiger partial charge in [-0.15, -0.1) is 0 Å². The summed E-state index contributed by atoms with van der Waals surface area (Å²) < 4.78 is 22.6. The average Bonchev–Trinajstić information content (AvgIpc) is 3.19. The van der Waals surface area contributed by atoms with Crippen molar-refractivity contribution in [2.75, 3.05) is 26.2 Å². The molecule has 1 N–H and O–H groups in total. The lowest BCUT2D eigenvalue weighted by Gasteiger charge is -2.38. The highest BCUT2D eigenvalue weighted by Crippen LogP contribution is 2.29. The molecular weight excluding hydrogens is 409 g/mol. The van der Waals surface area contributed by atoms with Gasteiger partial charge in [0.15, 0.2) is 5.67 Å². The van der Waals surface area contributed by atoms with Gasteiger partial charge in [-0.2, -0.15) is 5.10 Å². The first-order valence-electron chi connectivity index (χ1n) is 11.0. The number of hydrogen-bond acceptors (Lipinski definition) is 5. The van der Waals surface area contributed by atoms with Gasteiger partial charge in [0, 0.05) is 57.9 Å². The van der Waals surface area contributed by atoms with Gasteiger partial charge in [-0.1, -0.05) is 12.1 Å². The summed E-state index contributed by atoms with van der Waals surface area (Å²) in [7, 11) is 1.87. The van der Waals surface area contributed by atoms with Crippen molar-refractivity contribution in [1.29, 1.82) is 0 Å². The van der Waals surface area contributed by atoms with Gasteiger partial charge < -0.3 is 15.0 Å². The number of halogens is 1. The molecule has 0 aliphatic carbocycles. The SMILES string of the molecule is C=N/C(=C\c1cc(-c2cnn(C)c2)ccc1C)NC(=O)C1(F)CCN(CC2CCO2)CC1. The van der Waals surface area contributed by atoms with Gasteiger partial charge in [-0.25, -0.2) is 9.38 Å². The minimum Gasteiger partial charge on any atom is -0.377 e. The molecule has 2 aliphatic rings. The number of nitrogens with zero attached hydrogens (tertiary/aromatic N) is 4. The molecule has 4 rings (SSSR count). The highest BCUT2D eigenvalue weighted by atomic mass is 19.1. The first-order chi connectivity index (χ1) is 15.4. The zero-order chi connectivity index (χ0) is 22.7. The molecule has 2 aliphatic heterocycles. The number of ether oxygens (including phenoxy) is 1. The van der Waals surface area contributed by atoms with Gasteiger partial charge in [0.25, 0.3) is 5.91 Å². The van der Waals surface area contributed by atoms with Crippen LogP contribution in [0.15, 0.2) is 41.4 Å². The van der Waals surface area contributed by atoms with Crippen molar-refractivity contribution in [2.45, 2.75) is 38.0 Å². The van der Waals surface area contributed by atoms with Crippen molar-refractivity contribution >= 4 is 18.7 Å². The monoisotopic (exact) mass is 439 g/mol. The number of carbonyl (C=O) groups is 1. The number of aryl methyl sites for hydroxylation is 2. The Morgan fingerprint density at radius 3 is 2.75 bits per heavy atom. The van der Waals surface area contributed by atoms with E-state index >= 15 is 4.39 Å². The van der Waals surface area contributed by atoms with E-state index in [-0.39, 0.29) is 24.8 Å². The summed E-state index contributed by atoms with van der Waals surface area (Å²) in [6.07, 6.45) is 7.08. The standard InChI is InChI=1S/C24H30FN5O2/c1-17-4-5-18(20-14-27-29(3)15-20)12-19(17)13-22(26-2)28-23(31)24(25)7-9-30(10-8-24)16-21-6-11-32-21/h4-5,12-15,21H,2,6-11,16H2,1,3H3,(H,28,31)/b22-13+. The number of benzene rings is 1. The highest BCUT2D eigenvalue weighted by Gasteiger charge is 2.42. The third kappa shape index (κ3) is 4.97. The van der Waals surface area contributed by atoms with E-state index in [1.165, 1.54) is 0 Å². The van der Waals surface area contributed by atoms with Gasteiger partial charge in [0.05, 0.1) is 12.3 Å². The highest BCUT2D eigenvalue weighted by molar-refractivity contribution is 5.87. The molecule has 2 saturated heterocycles. The molecule has 0 radical (unpaired) electrons. The van der Waals surface area contributed by atoms with E-state index in [2.05, 4.69) is 27.0 Å². The average molecular weight is 440 g/mol. The number of piperidine rings is 1. The number of rotatable bonds is 7. The normalized spacial score (nSPS) is 21.1. The van der Waals surface area contributed by atoms with Gasteiger partial charge in [-0.3, -0.25) is 9.48 Å². The number of likely N-dealkylation sites (tertiary alicyclic amines) is 1. The van der Waals surface area contributed by atoms with E-state index in [1.807, 2.05) is 38.4 Å². The zero-order valence-corrected chi connectivity index (χ0v) is 18.7. The Labute approximate surface area is 188 Å². The number of hydrogen-bond donors (Lipinski definition) is 1. The number of alkyl halides is 1. The minimum atomic E-state index is -1.91. The van der Waals surface area contributed by atoms with Gasteiger partial charge in [0.2, 0.25) is 0 Å². The fourth-order valence-electron chi connectivity index (χ4n) is 4.08. The maximum Gasteiger partial charge on any atom is 0.263 e. The molecule has 2 aromatic rings. The van der Waals surface area contributed by atoms with Crippen molar-refractivity contribution in [3.63, 3.8) is 0 Å². The number of aromatic nitrogens is 2. The van der Waals surface area contributed by atoms with Gasteiger partial charge in [0.1, 0.15) is 5.82 Å². The maximum absolute atomic E-state index is 15.4. The van der Waals surface area contributed by atoms with Crippen molar-refractivity contribution < 1.29 is 13.9 Å². The van der Waals surface area contributed by atoms with E-state index in [9.17, 15) is 4.79 Å². The molecule has 3 heterocycles. The van der Waals surface area contributed by atoms with Crippen LogP contribution in [0.4, 0.5) is 4.39 Å². The fourth-order valence-corrected chi connectivity index (χ4v) is 4.08. The van der Waals surface area contributed by atoms with E-state index in [0.29, 0.717) is 13.1 Å². The van der Waals surface area contributed by atoms with Gasteiger partial charge in [-0.05, 0) is 48.9 Å². The summed E-state index contributed by atoms with van der Waals surface area (Å²) in [6, 6.07) is 6.01. The Morgan fingerprint density at radius 2 is 2.16 bits per heavy atom. The van der Waals surface area contributed by atoms with Crippen LogP contribution in [-0.2, 0) is 16.6 Å². The summed E-state index contributed by atoms with van der Waals surface area (Å²) >= 11 is 0. The van der Waals surface area contributed by atoms with Crippen LogP contribution in [-0.4, -0.2) is 65.3 Å². The smallest absolute Gasteiger partial charge is 0.263 e. The molecule has 1 aromatic heterocycles. The van der Waals surface area contributed by atoms with Crippen molar-refractivity contribution in [3.8, 4) is 11.1 Å². The molecule has 0 bridgehead atoms. The maximum atomic E-state index is 15.4. The van der Waals surface area contributed by atoms with Crippen LogP contribution in [0.2, 0.25) is 0 Å². The molecule has 8 heteroatoms. The number of carbonyl (C=O) groups excluding carboxylic acids is 1. The lowest BCUT2D eigenvalue weighted by molar-refractivity contribution is -0.136. The molecule has 32 heavy (non-hydrogen) atoms. The molecule has 1 atom stereocenters.